The Balaban J connectivity index is 1.48. The molecule has 0 saturated heterocycles. The van der Waals surface area contributed by atoms with Gasteiger partial charge in [-0.05, 0) is 79.4 Å². The molecule has 2 heterocycles. The second-order valence-electron chi connectivity index (χ2n) is 8.48. The summed E-state index contributed by atoms with van der Waals surface area (Å²) in [6.45, 7) is 4.77. The minimum absolute atomic E-state index is 0.140. The van der Waals surface area contributed by atoms with Gasteiger partial charge in [0.1, 0.15) is 0 Å². The number of para-hydroxylation sites is 1. The number of nitrogens with zero attached hydrogens (tertiary/aromatic N) is 3. The van der Waals surface area contributed by atoms with Crippen molar-refractivity contribution in [3.8, 4) is 12.3 Å². The van der Waals surface area contributed by atoms with Crippen LogP contribution in [0.5, 0.6) is 0 Å². The Morgan fingerprint density at radius 2 is 1.80 bits per heavy atom. The second-order valence-corrected chi connectivity index (χ2v) is 11.3. The number of rotatable bonds is 4. The smallest absolute Gasteiger partial charge is 0.279 e. The summed E-state index contributed by atoms with van der Waals surface area (Å²) in [5.74, 6) is 2.18. The second kappa shape index (κ2) is 8.84. The maximum atomic E-state index is 13.2. The van der Waals surface area contributed by atoms with Crippen molar-refractivity contribution in [2.75, 3.05) is 10.8 Å². The number of terminal acetylenes is 1. The van der Waals surface area contributed by atoms with Gasteiger partial charge in [0.25, 0.3) is 15.9 Å². The third-order valence-corrected chi connectivity index (χ3v) is 9.15. The first-order chi connectivity index (χ1) is 16.8. The van der Waals surface area contributed by atoms with Crippen LogP contribution in [0.15, 0.2) is 70.6 Å². The summed E-state index contributed by atoms with van der Waals surface area (Å²) in [6.07, 6.45) is 6.25. The van der Waals surface area contributed by atoms with E-state index in [-0.39, 0.29) is 4.90 Å². The van der Waals surface area contributed by atoms with Gasteiger partial charge in [-0.2, -0.15) is 4.99 Å². The highest BCUT2D eigenvalue weighted by Gasteiger charge is 2.30. The minimum atomic E-state index is -3.73. The van der Waals surface area contributed by atoms with Crippen LogP contribution in [0.3, 0.4) is 0 Å². The zero-order chi connectivity index (χ0) is 24.7. The molecule has 1 aromatic heterocycles. The Kier molecular flexibility index (Phi) is 5.83. The number of aromatic nitrogens is 1. The third kappa shape index (κ3) is 4.07. The predicted molar refractivity (Wildman–Crippen MR) is 139 cm³/mol. The van der Waals surface area contributed by atoms with Crippen molar-refractivity contribution < 1.29 is 13.2 Å². The maximum Gasteiger partial charge on any atom is 0.279 e. The molecule has 8 heteroatoms. The van der Waals surface area contributed by atoms with Crippen molar-refractivity contribution in [2.24, 2.45) is 4.99 Å². The van der Waals surface area contributed by atoms with Crippen molar-refractivity contribution in [1.29, 1.82) is 0 Å². The summed E-state index contributed by atoms with van der Waals surface area (Å²) in [5, 5.41) is 0. The number of fused-ring (bicyclic) bond motifs is 2. The number of hydrogen-bond donors (Lipinski definition) is 0. The van der Waals surface area contributed by atoms with Gasteiger partial charge < -0.3 is 4.57 Å². The molecule has 0 atom stereocenters. The maximum absolute atomic E-state index is 13.2. The van der Waals surface area contributed by atoms with E-state index in [2.05, 4.69) is 23.0 Å². The molecule has 35 heavy (non-hydrogen) atoms. The van der Waals surface area contributed by atoms with Crippen LogP contribution in [0.25, 0.3) is 10.2 Å². The fourth-order valence-electron chi connectivity index (χ4n) is 4.26. The molecular weight excluding hydrogens is 478 g/mol. The number of aryl methyl sites for hydroxylation is 2. The van der Waals surface area contributed by atoms with E-state index in [0.717, 1.165) is 26.9 Å². The van der Waals surface area contributed by atoms with E-state index in [1.165, 1.54) is 39.9 Å². The molecule has 1 aliphatic rings. The topological polar surface area (TPSA) is 71.7 Å². The van der Waals surface area contributed by atoms with Crippen molar-refractivity contribution in [1.82, 2.24) is 4.57 Å². The number of hydrogen-bond acceptors (Lipinski definition) is 4. The highest BCUT2D eigenvalue weighted by atomic mass is 32.2. The Morgan fingerprint density at radius 1 is 1.09 bits per heavy atom. The average Bonchev–Trinajstić information content (AvgIpc) is 3.42. The number of thiazole rings is 1. The van der Waals surface area contributed by atoms with Crippen molar-refractivity contribution >= 4 is 43.2 Å². The fraction of sp³-hybridized carbons (Fsp3) is 0.185. The van der Waals surface area contributed by atoms with Gasteiger partial charge in [0, 0.05) is 12.1 Å². The molecule has 0 fully saturated rings. The minimum Gasteiger partial charge on any atom is -0.305 e. The summed E-state index contributed by atoms with van der Waals surface area (Å²) < 4.78 is 30.8. The van der Waals surface area contributed by atoms with Crippen LogP contribution < -0.4 is 9.11 Å². The van der Waals surface area contributed by atoms with Crippen molar-refractivity contribution in [3.05, 3.63) is 87.7 Å². The number of amides is 1. The first-order valence-corrected chi connectivity index (χ1v) is 13.4. The molecule has 0 unspecified atom stereocenters. The normalized spacial score (nSPS) is 13.7. The molecule has 0 N–H and O–H groups in total. The quantitative estimate of drug-likeness (QED) is 0.388. The molecule has 6 nitrogen and oxygen atoms in total. The number of sulfonamides is 1. The molecule has 0 radical (unpaired) electrons. The molecule has 4 aromatic rings. The van der Waals surface area contributed by atoms with Gasteiger partial charge in [0.2, 0.25) is 0 Å². The van der Waals surface area contributed by atoms with E-state index in [1.54, 1.807) is 0 Å². The van der Waals surface area contributed by atoms with E-state index < -0.39 is 15.9 Å². The van der Waals surface area contributed by atoms with Crippen LogP contribution in [0, 0.1) is 26.2 Å². The zero-order valence-electron chi connectivity index (χ0n) is 19.4. The highest BCUT2D eigenvalue weighted by molar-refractivity contribution is 7.92. The Morgan fingerprint density at radius 3 is 2.54 bits per heavy atom. The summed E-state index contributed by atoms with van der Waals surface area (Å²) in [6, 6.07) is 17.6. The molecular formula is C27H23N3O3S2. The van der Waals surface area contributed by atoms with Crippen LogP contribution in [0.2, 0.25) is 0 Å². The zero-order valence-corrected chi connectivity index (χ0v) is 21.0. The monoisotopic (exact) mass is 501 g/mol. The summed E-state index contributed by atoms with van der Waals surface area (Å²) in [5.41, 5.74) is 5.25. The van der Waals surface area contributed by atoms with Crippen LogP contribution >= 0.6 is 11.3 Å². The van der Waals surface area contributed by atoms with Crippen molar-refractivity contribution in [2.45, 2.75) is 31.7 Å². The largest absolute Gasteiger partial charge is 0.305 e. The van der Waals surface area contributed by atoms with Gasteiger partial charge >= 0.3 is 0 Å². The SMILES string of the molecule is C#CCn1c(=NC(=O)c2ccc(S(=O)(=O)N3CCc4ccccc43)cc2)sc2cc(C)c(C)cc21. The number of benzene rings is 3. The van der Waals surface area contributed by atoms with Crippen molar-refractivity contribution in [3.63, 3.8) is 0 Å². The lowest BCUT2D eigenvalue weighted by Gasteiger charge is -2.19. The van der Waals surface area contributed by atoms with E-state index in [9.17, 15) is 13.2 Å². The number of anilines is 1. The lowest BCUT2D eigenvalue weighted by atomic mass is 10.1. The van der Waals surface area contributed by atoms with Gasteiger partial charge in [-0.25, -0.2) is 8.42 Å². The third-order valence-electron chi connectivity index (χ3n) is 6.28. The molecule has 5 rings (SSSR count). The van der Waals surface area contributed by atoms with E-state index in [1.807, 2.05) is 42.7 Å². The van der Waals surface area contributed by atoms with E-state index in [0.29, 0.717) is 35.6 Å². The average molecular weight is 502 g/mol. The predicted octanol–water partition coefficient (Wildman–Crippen LogP) is 4.45. The van der Waals surface area contributed by atoms with Gasteiger partial charge in [-0.15, -0.1) is 6.42 Å². The van der Waals surface area contributed by atoms with Gasteiger partial charge in [-0.3, -0.25) is 9.10 Å². The van der Waals surface area contributed by atoms with Gasteiger partial charge in [0.05, 0.1) is 27.3 Å². The number of carbonyl (C=O) groups is 1. The van der Waals surface area contributed by atoms with E-state index >= 15 is 0 Å². The van der Waals surface area contributed by atoms with Crippen LogP contribution in [0.4, 0.5) is 5.69 Å². The summed E-state index contributed by atoms with van der Waals surface area (Å²) >= 11 is 1.40. The molecule has 0 spiro atoms. The number of carbonyl (C=O) groups excluding carboxylic acids is 1. The molecule has 1 amide bonds. The Hall–Kier alpha value is -3.67. The van der Waals surface area contributed by atoms with Gasteiger partial charge in [0.15, 0.2) is 4.80 Å². The molecule has 176 valence electrons. The van der Waals surface area contributed by atoms with Crippen LogP contribution in [-0.4, -0.2) is 25.4 Å². The first-order valence-electron chi connectivity index (χ1n) is 11.1. The summed E-state index contributed by atoms with van der Waals surface area (Å²) in [4.78, 5) is 18.0. The van der Waals surface area contributed by atoms with E-state index in [4.69, 9.17) is 6.42 Å². The molecule has 0 bridgehead atoms. The molecule has 0 saturated carbocycles. The lowest BCUT2D eigenvalue weighted by Crippen LogP contribution is -2.29. The molecule has 0 aliphatic carbocycles. The standard InChI is InChI=1S/C27H23N3O3S2/c1-4-14-29-24-16-18(2)19(3)17-25(24)34-27(29)28-26(31)21-9-11-22(12-10-21)35(32,33)30-15-13-20-7-5-6-8-23(20)30/h1,5-12,16-17H,13-15H2,2-3H3. The lowest BCUT2D eigenvalue weighted by molar-refractivity contribution is 0.0998. The molecule has 1 aliphatic heterocycles. The fourth-order valence-corrected chi connectivity index (χ4v) is 6.87. The van der Waals surface area contributed by atoms with Gasteiger partial charge in [-0.1, -0.05) is 35.5 Å². The Bertz CT molecular complexity index is 1690. The van der Waals surface area contributed by atoms with Crippen LogP contribution in [-0.2, 0) is 23.0 Å². The molecule has 3 aromatic carbocycles. The van der Waals surface area contributed by atoms with Crippen LogP contribution in [0.1, 0.15) is 27.0 Å². The first kappa shape index (κ1) is 23.1. The Labute approximate surface area is 208 Å². The summed E-state index contributed by atoms with van der Waals surface area (Å²) in [7, 11) is -3.73. The highest BCUT2D eigenvalue weighted by Crippen LogP contribution is 2.32.